The van der Waals surface area contributed by atoms with Crippen molar-refractivity contribution in [1.82, 2.24) is 14.8 Å². The van der Waals surface area contributed by atoms with Crippen LogP contribution in [-0.2, 0) is 35.3 Å². The number of carbonyl (C=O) groups excluding carboxylic acids is 2. The molecule has 0 fully saturated rings. The van der Waals surface area contributed by atoms with E-state index in [2.05, 4.69) is 22.1 Å². The summed E-state index contributed by atoms with van der Waals surface area (Å²) in [6, 6.07) is 7.80. The van der Waals surface area contributed by atoms with Gasteiger partial charge in [0.2, 0.25) is 5.91 Å². The summed E-state index contributed by atoms with van der Waals surface area (Å²) in [6.07, 6.45) is 5.16. The first-order chi connectivity index (χ1) is 16.5. The molecule has 1 aliphatic carbocycles. The zero-order chi connectivity index (χ0) is 24.1. The maximum Gasteiger partial charge on any atom is 0.341 e. The fraction of sp³-hybridized carbons (Fsp3) is 0.333. The maximum absolute atomic E-state index is 12.7. The van der Waals surface area contributed by atoms with Gasteiger partial charge >= 0.3 is 5.97 Å². The average molecular weight is 499 g/mol. The van der Waals surface area contributed by atoms with E-state index < -0.39 is 5.97 Å². The normalized spacial score (nSPS) is 12.3. The topological polar surface area (TPSA) is 95.3 Å². The Morgan fingerprint density at radius 2 is 2.03 bits per heavy atom. The molecule has 4 rings (SSSR count). The molecule has 0 radical (unpaired) electrons. The molecule has 0 aliphatic heterocycles. The quantitative estimate of drug-likeness (QED) is 0.255. The van der Waals surface area contributed by atoms with Gasteiger partial charge in [-0.1, -0.05) is 30.0 Å². The number of esters is 1. The lowest BCUT2D eigenvalue weighted by Crippen LogP contribution is -2.16. The first kappa shape index (κ1) is 24.0. The number of thiophene rings is 1. The van der Waals surface area contributed by atoms with E-state index in [-0.39, 0.29) is 11.7 Å². The number of methoxy groups -OCH3 is 2. The number of carbonyl (C=O) groups is 2. The van der Waals surface area contributed by atoms with Crippen LogP contribution < -0.4 is 10.1 Å². The van der Waals surface area contributed by atoms with Crippen molar-refractivity contribution in [2.75, 3.05) is 25.3 Å². The molecule has 1 N–H and O–H groups in total. The molecule has 1 aliphatic rings. The number of rotatable bonds is 10. The van der Waals surface area contributed by atoms with E-state index in [1.165, 1.54) is 30.2 Å². The minimum Gasteiger partial charge on any atom is -0.497 e. The highest BCUT2D eigenvalue weighted by Gasteiger charge is 2.28. The number of hydrogen-bond donors (Lipinski definition) is 1. The third-order valence-electron chi connectivity index (χ3n) is 5.52. The molecule has 0 saturated carbocycles. The number of anilines is 1. The third-order valence-corrected chi connectivity index (χ3v) is 7.70. The van der Waals surface area contributed by atoms with E-state index in [0.29, 0.717) is 28.7 Å². The maximum atomic E-state index is 12.7. The molecule has 0 unspecified atom stereocenters. The smallest absolute Gasteiger partial charge is 0.341 e. The number of aromatic nitrogens is 3. The number of thioether (sulfide) groups is 1. The van der Waals surface area contributed by atoms with Crippen LogP contribution in [0.25, 0.3) is 0 Å². The van der Waals surface area contributed by atoms with Crippen LogP contribution in [0, 0.1) is 0 Å². The Bertz CT molecular complexity index is 1200. The van der Waals surface area contributed by atoms with Gasteiger partial charge in [-0.2, -0.15) is 0 Å². The molecular formula is C24H26N4O4S2. The number of hydrogen-bond acceptors (Lipinski definition) is 8. The van der Waals surface area contributed by atoms with Crippen molar-refractivity contribution in [3.63, 3.8) is 0 Å². The number of benzene rings is 1. The van der Waals surface area contributed by atoms with Gasteiger partial charge in [0.05, 0.1) is 25.5 Å². The first-order valence-corrected chi connectivity index (χ1v) is 12.7. The second kappa shape index (κ2) is 10.9. The van der Waals surface area contributed by atoms with E-state index in [4.69, 9.17) is 9.47 Å². The minimum atomic E-state index is -0.406. The van der Waals surface area contributed by atoms with Crippen LogP contribution in [0.4, 0.5) is 5.00 Å². The number of allylic oxidation sites excluding steroid dienone is 1. The van der Waals surface area contributed by atoms with Crippen LogP contribution in [0.15, 0.2) is 42.1 Å². The van der Waals surface area contributed by atoms with Gasteiger partial charge in [-0.25, -0.2) is 4.79 Å². The van der Waals surface area contributed by atoms with Crippen molar-refractivity contribution in [3.8, 4) is 5.75 Å². The summed E-state index contributed by atoms with van der Waals surface area (Å²) in [7, 11) is 3.00. The van der Waals surface area contributed by atoms with Crippen molar-refractivity contribution >= 4 is 40.0 Å². The molecular weight excluding hydrogens is 472 g/mol. The second-order valence-corrected chi connectivity index (χ2v) is 9.76. The molecule has 0 bridgehead atoms. The van der Waals surface area contributed by atoms with Crippen LogP contribution in [0.1, 0.15) is 38.6 Å². The predicted molar refractivity (Wildman–Crippen MR) is 133 cm³/mol. The number of fused-ring (bicyclic) bond motifs is 1. The van der Waals surface area contributed by atoms with Crippen LogP contribution in [0.3, 0.4) is 0 Å². The lowest BCUT2D eigenvalue weighted by atomic mass is 10.1. The highest BCUT2D eigenvalue weighted by atomic mass is 32.2. The van der Waals surface area contributed by atoms with Crippen molar-refractivity contribution < 1.29 is 19.1 Å². The average Bonchev–Trinajstić information content (AvgIpc) is 3.53. The monoisotopic (exact) mass is 498 g/mol. The number of ether oxygens (including phenoxy) is 2. The SMILES string of the molecule is C=CCn1c(Cc2ccc(OC)cc2)nnc1SCC(=O)Nc1sc2c(c1C(=O)OC)CCC2. The highest BCUT2D eigenvalue weighted by molar-refractivity contribution is 7.99. The molecule has 0 atom stereocenters. The van der Waals surface area contributed by atoms with Gasteiger partial charge in [-0.3, -0.25) is 4.79 Å². The number of aryl methyl sites for hydroxylation is 1. The molecule has 8 nitrogen and oxygen atoms in total. The van der Waals surface area contributed by atoms with Gasteiger partial charge in [0.15, 0.2) is 5.16 Å². The summed E-state index contributed by atoms with van der Waals surface area (Å²) in [6.45, 7) is 4.37. The fourth-order valence-corrected chi connectivity index (χ4v) is 5.96. The Morgan fingerprint density at radius 3 is 2.74 bits per heavy atom. The minimum absolute atomic E-state index is 0.140. The predicted octanol–water partition coefficient (Wildman–Crippen LogP) is 4.13. The van der Waals surface area contributed by atoms with Crippen LogP contribution in [0.5, 0.6) is 5.75 Å². The molecule has 10 heteroatoms. The van der Waals surface area contributed by atoms with Crippen molar-refractivity contribution in [2.45, 2.75) is 37.4 Å². The van der Waals surface area contributed by atoms with E-state index in [1.54, 1.807) is 13.2 Å². The lowest BCUT2D eigenvalue weighted by Gasteiger charge is -2.09. The summed E-state index contributed by atoms with van der Waals surface area (Å²) in [5.74, 6) is 1.11. The Kier molecular flexibility index (Phi) is 7.69. The summed E-state index contributed by atoms with van der Waals surface area (Å²) < 4.78 is 12.1. The van der Waals surface area contributed by atoms with Crippen molar-refractivity contribution in [3.05, 3.63) is 64.3 Å². The van der Waals surface area contributed by atoms with E-state index in [9.17, 15) is 9.59 Å². The molecule has 1 aromatic carbocycles. The van der Waals surface area contributed by atoms with Crippen molar-refractivity contribution in [2.24, 2.45) is 0 Å². The fourth-order valence-electron chi connectivity index (χ4n) is 3.90. The zero-order valence-electron chi connectivity index (χ0n) is 19.1. The number of nitrogens with zero attached hydrogens (tertiary/aromatic N) is 3. The summed E-state index contributed by atoms with van der Waals surface area (Å²) >= 11 is 2.76. The van der Waals surface area contributed by atoms with Gasteiger partial charge in [0, 0.05) is 17.8 Å². The Labute approximate surface area is 206 Å². The summed E-state index contributed by atoms with van der Waals surface area (Å²) in [4.78, 5) is 26.2. The van der Waals surface area contributed by atoms with Crippen LogP contribution >= 0.6 is 23.1 Å². The van der Waals surface area contributed by atoms with Crippen molar-refractivity contribution in [1.29, 1.82) is 0 Å². The molecule has 2 heterocycles. The van der Waals surface area contributed by atoms with Gasteiger partial charge < -0.3 is 19.4 Å². The van der Waals surface area contributed by atoms with Crippen LogP contribution in [0.2, 0.25) is 0 Å². The summed E-state index contributed by atoms with van der Waals surface area (Å²) in [5.41, 5.74) is 2.58. The zero-order valence-corrected chi connectivity index (χ0v) is 20.8. The van der Waals surface area contributed by atoms with E-state index in [0.717, 1.165) is 46.8 Å². The Balaban J connectivity index is 1.44. The van der Waals surface area contributed by atoms with E-state index in [1.807, 2.05) is 28.8 Å². The third kappa shape index (κ3) is 5.18. The molecule has 0 spiro atoms. The molecule has 3 aromatic rings. The molecule has 178 valence electrons. The first-order valence-electron chi connectivity index (χ1n) is 10.9. The summed E-state index contributed by atoms with van der Waals surface area (Å²) in [5, 5.41) is 12.7. The molecule has 34 heavy (non-hydrogen) atoms. The largest absolute Gasteiger partial charge is 0.497 e. The lowest BCUT2D eigenvalue weighted by molar-refractivity contribution is -0.113. The standard InChI is InChI=1S/C24H26N4O4S2/c1-4-12-28-19(13-15-8-10-16(31-2)11-9-15)26-27-24(28)33-14-20(29)25-22-21(23(30)32-3)17-6-5-7-18(17)34-22/h4,8-11H,1,5-7,12-14H2,2-3H3,(H,25,29). The van der Waals surface area contributed by atoms with Gasteiger partial charge in [0.1, 0.15) is 16.6 Å². The molecule has 0 saturated heterocycles. The number of amides is 1. The Hall–Kier alpha value is -3.11. The number of nitrogens with one attached hydrogen (secondary N) is 1. The van der Waals surface area contributed by atoms with Gasteiger partial charge in [0.25, 0.3) is 0 Å². The van der Waals surface area contributed by atoms with Crippen LogP contribution in [-0.4, -0.2) is 46.6 Å². The Morgan fingerprint density at radius 1 is 1.24 bits per heavy atom. The highest BCUT2D eigenvalue weighted by Crippen LogP contribution is 2.39. The molecule has 1 amide bonds. The van der Waals surface area contributed by atoms with Gasteiger partial charge in [-0.15, -0.1) is 28.1 Å². The van der Waals surface area contributed by atoms with Gasteiger partial charge in [-0.05, 0) is 42.5 Å². The van der Waals surface area contributed by atoms with E-state index >= 15 is 0 Å². The molecule has 2 aromatic heterocycles. The second-order valence-electron chi connectivity index (χ2n) is 7.71.